The van der Waals surface area contributed by atoms with Crippen molar-refractivity contribution < 1.29 is 14.2 Å². The molecule has 0 radical (unpaired) electrons. The third-order valence-electron chi connectivity index (χ3n) is 2.52. The molecule has 1 aromatic carbocycles. The van der Waals surface area contributed by atoms with Gasteiger partial charge in [0.15, 0.2) is 11.5 Å². The van der Waals surface area contributed by atoms with Crippen LogP contribution < -0.4 is 19.9 Å². The second-order valence-electron chi connectivity index (χ2n) is 4.77. The van der Waals surface area contributed by atoms with Crippen LogP contribution in [0.5, 0.6) is 17.2 Å². The summed E-state index contributed by atoms with van der Waals surface area (Å²) in [5.74, 6) is 1.73. The Morgan fingerprint density at radius 1 is 1.11 bits per heavy atom. The van der Waals surface area contributed by atoms with Gasteiger partial charge in [-0.2, -0.15) is 0 Å². The molecule has 0 heterocycles. The number of hydrogen-bond donors (Lipinski definition) is 1. The Morgan fingerprint density at radius 3 is 2.06 bits per heavy atom. The summed E-state index contributed by atoms with van der Waals surface area (Å²) in [6.45, 7) is 3.85. The predicted molar refractivity (Wildman–Crippen MR) is 73.1 cm³/mol. The van der Waals surface area contributed by atoms with Crippen molar-refractivity contribution in [2.45, 2.75) is 25.8 Å². The molecule has 102 valence electrons. The zero-order valence-corrected chi connectivity index (χ0v) is 12.2. The van der Waals surface area contributed by atoms with E-state index in [-0.39, 0.29) is 0 Å². The van der Waals surface area contributed by atoms with Gasteiger partial charge in [-0.05, 0) is 20.3 Å². The molecule has 0 aromatic heterocycles. The summed E-state index contributed by atoms with van der Waals surface area (Å²) in [6.07, 6.45) is 0.558. The Hall–Kier alpha value is -1.13. The van der Waals surface area contributed by atoms with Gasteiger partial charge in [0.25, 0.3) is 0 Å². The lowest BCUT2D eigenvalue weighted by Gasteiger charge is -2.23. The van der Waals surface area contributed by atoms with Gasteiger partial charge in [0, 0.05) is 17.2 Å². The highest BCUT2D eigenvalue weighted by Crippen LogP contribution is 2.43. The molecule has 0 bridgehead atoms. The molecule has 0 aliphatic carbocycles. The molecule has 2 N–H and O–H groups in total. The summed E-state index contributed by atoms with van der Waals surface area (Å²) in [5, 5.41) is 0.508. The van der Waals surface area contributed by atoms with Crippen molar-refractivity contribution in [3.63, 3.8) is 0 Å². The van der Waals surface area contributed by atoms with Crippen LogP contribution >= 0.6 is 11.6 Å². The molecular formula is C13H20ClNO3. The quantitative estimate of drug-likeness (QED) is 0.896. The molecule has 0 saturated heterocycles. The standard InChI is InChI=1S/C13H20ClNO3/c1-13(2,15)7-8-11(14)9(16-3)6-10(17-4)12(8)18-5/h6H,7,15H2,1-5H3. The van der Waals surface area contributed by atoms with E-state index in [9.17, 15) is 0 Å². The van der Waals surface area contributed by atoms with E-state index in [1.807, 2.05) is 13.8 Å². The van der Waals surface area contributed by atoms with Crippen molar-refractivity contribution in [2.24, 2.45) is 5.73 Å². The number of methoxy groups -OCH3 is 3. The summed E-state index contributed by atoms with van der Waals surface area (Å²) in [7, 11) is 4.71. The van der Waals surface area contributed by atoms with Gasteiger partial charge in [0.05, 0.1) is 26.4 Å². The zero-order valence-electron chi connectivity index (χ0n) is 11.5. The second-order valence-corrected chi connectivity index (χ2v) is 5.15. The SMILES string of the molecule is COc1cc(OC)c(OC)c(CC(C)(C)N)c1Cl. The lowest BCUT2D eigenvalue weighted by Crippen LogP contribution is -2.34. The van der Waals surface area contributed by atoms with Crippen LogP contribution in [-0.4, -0.2) is 26.9 Å². The van der Waals surface area contributed by atoms with Gasteiger partial charge in [0.1, 0.15) is 5.75 Å². The average molecular weight is 274 g/mol. The first-order valence-electron chi connectivity index (χ1n) is 5.60. The summed E-state index contributed by atoms with van der Waals surface area (Å²) < 4.78 is 15.9. The Labute approximate surface area is 113 Å². The maximum atomic E-state index is 6.31. The molecule has 0 fully saturated rings. The molecule has 0 amide bonds. The highest BCUT2D eigenvalue weighted by molar-refractivity contribution is 6.33. The maximum Gasteiger partial charge on any atom is 0.165 e. The molecule has 1 aromatic rings. The molecule has 0 saturated carbocycles. The predicted octanol–water partition coefficient (Wildman–Crippen LogP) is 2.65. The molecule has 0 atom stereocenters. The number of hydrogen-bond acceptors (Lipinski definition) is 4. The molecule has 0 unspecified atom stereocenters. The van der Waals surface area contributed by atoms with Crippen LogP contribution in [-0.2, 0) is 6.42 Å². The van der Waals surface area contributed by atoms with Crippen LogP contribution in [0.4, 0.5) is 0 Å². The first kappa shape index (κ1) is 14.9. The van der Waals surface area contributed by atoms with E-state index in [4.69, 9.17) is 31.5 Å². The number of ether oxygens (including phenoxy) is 3. The van der Waals surface area contributed by atoms with Gasteiger partial charge in [-0.25, -0.2) is 0 Å². The fraction of sp³-hybridized carbons (Fsp3) is 0.538. The molecule has 0 spiro atoms. The van der Waals surface area contributed by atoms with E-state index in [1.165, 1.54) is 0 Å². The third kappa shape index (κ3) is 3.21. The summed E-state index contributed by atoms with van der Waals surface area (Å²) in [6, 6.07) is 1.70. The monoisotopic (exact) mass is 273 g/mol. The maximum absolute atomic E-state index is 6.31. The number of rotatable bonds is 5. The van der Waals surface area contributed by atoms with Crippen molar-refractivity contribution in [1.82, 2.24) is 0 Å². The normalized spacial score (nSPS) is 11.3. The molecular weight excluding hydrogens is 254 g/mol. The number of halogens is 1. The van der Waals surface area contributed by atoms with E-state index in [0.717, 1.165) is 5.56 Å². The Balaban J connectivity index is 3.43. The lowest BCUT2D eigenvalue weighted by atomic mass is 9.95. The fourth-order valence-electron chi connectivity index (χ4n) is 1.78. The van der Waals surface area contributed by atoms with Crippen molar-refractivity contribution >= 4 is 11.6 Å². The molecule has 0 aliphatic heterocycles. The van der Waals surface area contributed by atoms with Gasteiger partial charge >= 0.3 is 0 Å². The van der Waals surface area contributed by atoms with Crippen LogP contribution in [0, 0.1) is 0 Å². The smallest absolute Gasteiger partial charge is 0.165 e. The zero-order chi connectivity index (χ0) is 13.9. The van der Waals surface area contributed by atoms with Crippen molar-refractivity contribution in [1.29, 1.82) is 0 Å². The van der Waals surface area contributed by atoms with Gasteiger partial charge in [0.2, 0.25) is 0 Å². The number of benzene rings is 1. The third-order valence-corrected chi connectivity index (χ3v) is 2.93. The van der Waals surface area contributed by atoms with Crippen molar-refractivity contribution in [3.8, 4) is 17.2 Å². The van der Waals surface area contributed by atoms with E-state index in [2.05, 4.69) is 0 Å². The Bertz CT molecular complexity index is 427. The fourth-order valence-corrected chi connectivity index (χ4v) is 2.07. The Kier molecular flexibility index (Phi) is 4.71. The highest BCUT2D eigenvalue weighted by atomic mass is 35.5. The van der Waals surface area contributed by atoms with Crippen LogP contribution in [0.1, 0.15) is 19.4 Å². The summed E-state index contributed by atoms with van der Waals surface area (Å²) in [5.41, 5.74) is 6.43. The molecule has 0 aliphatic rings. The van der Waals surface area contributed by atoms with E-state index in [0.29, 0.717) is 28.7 Å². The van der Waals surface area contributed by atoms with Crippen molar-refractivity contribution in [3.05, 3.63) is 16.7 Å². The van der Waals surface area contributed by atoms with E-state index in [1.54, 1.807) is 27.4 Å². The van der Waals surface area contributed by atoms with Gasteiger partial charge < -0.3 is 19.9 Å². The van der Waals surface area contributed by atoms with Crippen LogP contribution in [0.15, 0.2) is 6.07 Å². The first-order chi connectivity index (χ1) is 8.34. The molecule has 1 rings (SSSR count). The summed E-state index contributed by atoms with van der Waals surface area (Å²) in [4.78, 5) is 0. The minimum absolute atomic E-state index is 0.408. The summed E-state index contributed by atoms with van der Waals surface area (Å²) >= 11 is 6.31. The first-order valence-corrected chi connectivity index (χ1v) is 5.98. The van der Waals surface area contributed by atoms with Gasteiger partial charge in [-0.15, -0.1) is 0 Å². The van der Waals surface area contributed by atoms with Crippen molar-refractivity contribution in [2.75, 3.05) is 21.3 Å². The minimum Gasteiger partial charge on any atom is -0.495 e. The minimum atomic E-state index is -0.408. The van der Waals surface area contributed by atoms with Gasteiger partial charge in [-0.1, -0.05) is 11.6 Å². The van der Waals surface area contributed by atoms with E-state index < -0.39 is 5.54 Å². The average Bonchev–Trinajstić information content (AvgIpc) is 2.29. The van der Waals surface area contributed by atoms with Crippen LogP contribution in [0.3, 0.4) is 0 Å². The number of nitrogens with two attached hydrogens (primary N) is 1. The van der Waals surface area contributed by atoms with Crippen LogP contribution in [0.2, 0.25) is 5.02 Å². The highest BCUT2D eigenvalue weighted by Gasteiger charge is 2.23. The van der Waals surface area contributed by atoms with E-state index >= 15 is 0 Å². The molecule has 18 heavy (non-hydrogen) atoms. The second kappa shape index (κ2) is 5.67. The van der Waals surface area contributed by atoms with Gasteiger partial charge in [-0.3, -0.25) is 0 Å². The molecule has 5 heteroatoms. The van der Waals surface area contributed by atoms with Crippen LogP contribution in [0.25, 0.3) is 0 Å². The largest absolute Gasteiger partial charge is 0.495 e. The topological polar surface area (TPSA) is 53.7 Å². The molecule has 4 nitrogen and oxygen atoms in total. The lowest BCUT2D eigenvalue weighted by molar-refractivity contribution is 0.342. The Morgan fingerprint density at radius 2 is 1.67 bits per heavy atom.